The minimum Gasteiger partial charge on any atom is -0.178 e. The summed E-state index contributed by atoms with van der Waals surface area (Å²) >= 11 is 4.63. The Bertz CT molecular complexity index is 822. The van der Waals surface area contributed by atoms with Crippen molar-refractivity contribution in [3.8, 4) is 12.3 Å². The fourth-order valence-electron chi connectivity index (χ4n) is 3.53. The lowest BCUT2D eigenvalue weighted by molar-refractivity contribution is 0.409. The highest BCUT2D eigenvalue weighted by Crippen LogP contribution is 2.50. The number of allylic oxidation sites excluding steroid dienone is 14. The molecule has 0 aromatic carbocycles. The zero-order chi connectivity index (χ0) is 24.6. The molecule has 2 unspecified atom stereocenters. The number of hydrogen-bond donors (Lipinski definition) is 1. The molecule has 0 aromatic rings. The van der Waals surface area contributed by atoms with E-state index < -0.39 is 0 Å². The van der Waals surface area contributed by atoms with Gasteiger partial charge in [0.05, 0.1) is 5.92 Å². The van der Waals surface area contributed by atoms with Crippen molar-refractivity contribution in [2.24, 2.45) is 11.3 Å². The Hall–Kier alpha value is -2.17. The average Bonchev–Trinajstić information content (AvgIpc) is 3.43. The summed E-state index contributed by atoms with van der Waals surface area (Å²) in [6, 6.07) is 0. The average molecular weight is 449 g/mol. The van der Waals surface area contributed by atoms with Gasteiger partial charge in [-0.3, -0.25) is 0 Å². The Morgan fingerprint density at radius 2 is 1.84 bits per heavy atom. The van der Waals surface area contributed by atoms with Crippen LogP contribution in [-0.2, 0) is 0 Å². The maximum Gasteiger partial charge on any atom is 0.0591 e. The first kappa shape index (κ1) is 29.8. The minimum absolute atomic E-state index is 0.256. The van der Waals surface area contributed by atoms with Crippen molar-refractivity contribution >= 4 is 12.6 Å². The van der Waals surface area contributed by atoms with Gasteiger partial charge in [-0.1, -0.05) is 104 Å². The van der Waals surface area contributed by atoms with Crippen LogP contribution < -0.4 is 0 Å². The molecule has 0 spiro atoms. The predicted molar refractivity (Wildman–Crippen MR) is 151 cm³/mol. The van der Waals surface area contributed by atoms with Crippen LogP contribution in [0.1, 0.15) is 67.2 Å². The zero-order valence-electron chi connectivity index (χ0n) is 21.2. The molecule has 174 valence electrons. The Labute approximate surface area is 204 Å². The van der Waals surface area contributed by atoms with Gasteiger partial charge in [-0.15, -0.1) is 6.42 Å². The molecule has 2 aliphatic carbocycles. The molecular weight excluding hydrogens is 404 g/mol. The largest absolute Gasteiger partial charge is 0.178 e. The van der Waals surface area contributed by atoms with Gasteiger partial charge in [-0.2, -0.15) is 12.6 Å². The Balaban J connectivity index is 0.000000648. The first-order chi connectivity index (χ1) is 15.3. The second kappa shape index (κ2) is 16.5. The molecule has 0 nitrogen and oxygen atoms in total. The second-order valence-electron chi connectivity index (χ2n) is 8.50. The quantitative estimate of drug-likeness (QED) is 0.162. The highest BCUT2D eigenvalue weighted by atomic mass is 32.1. The summed E-state index contributed by atoms with van der Waals surface area (Å²) in [6.07, 6.45) is 28.0. The molecule has 1 heteroatoms. The van der Waals surface area contributed by atoms with Crippen LogP contribution in [0.5, 0.6) is 0 Å². The van der Waals surface area contributed by atoms with Gasteiger partial charge in [0.15, 0.2) is 0 Å². The van der Waals surface area contributed by atoms with E-state index >= 15 is 0 Å². The van der Waals surface area contributed by atoms with Crippen LogP contribution >= 0.6 is 12.6 Å². The highest BCUT2D eigenvalue weighted by molar-refractivity contribution is 7.80. The molecule has 0 bridgehead atoms. The molecule has 0 heterocycles. The molecule has 0 amide bonds. The van der Waals surface area contributed by atoms with Crippen molar-refractivity contribution in [3.05, 3.63) is 95.7 Å². The molecule has 32 heavy (non-hydrogen) atoms. The van der Waals surface area contributed by atoms with E-state index in [9.17, 15) is 0 Å². The monoisotopic (exact) mass is 448 g/mol. The van der Waals surface area contributed by atoms with Crippen molar-refractivity contribution < 1.29 is 0 Å². The Morgan fingerprint density at radius 1 is 1.19 bits per heavy atom. The summed E-state index contributed by atoms with van der Waals surface area (Å²) in [5, 5.41) is 0. The molecule has 2 rings (SSSR count). The normalized spacial score (nSPS) is 22.5. The summed E-state index contributed by atoms with van der Waals surface area (Å²) in [5.74, 6) is 3.95. The summed E-state index contributed by atoms with van der Waals surface area (Å²) in [7, 11) is 0. The first-order valence-electron chi connectivity index (χ1n) is 11.6. The number of terminal acetylenes is 1. The third kappa shape index (κ3) is 10.4. The van der Waals surface area contributed by atoms with Crippen LogP contribution in [0.4, 0.5) is 0 Å². The van der Waals surface area contributed by atoms with E-state index in [1.807, 2.05) is 39.0 Å². The Kier molecular flexibility index (Phi) is 15.3. The van der Waals surface area contributed by atoms with Gasteiger partial charge in [0.2, 0.25) is 0 Å². The molecule has 0 saturated heterocycles. The van der Waals surface area contributed by atoms with Gasteiger partial charge in [0.1, 0.15) is 0 Å². The van der Waals surface area contributed by atoms with Crippen LogP contribution in [0.15, 0.2) is 95.7 Å². The van der Waals surface area contributed by atoms with E-state index in [2.05, 4.69) is 82.9 Å². The van der Waals surface area contributed by atoms with Gasteiger partial charge in [-0.05, 0) is 70.3 Å². The van der Waals surface area contributed by atoms with E-state index in [0.29, 0.717) is 5.92 Å². The van der Waals surface area contributed by atoms with Gasteiger partial charge in [0, 0.05) is 5.41 Å². The van der Waals surface area contributed by atoms with Crippen molar-refractivity contribution in [2.75, 3.05) is 5.75 Å². The molecule has 0 fully saturated rings. The summed E-state index contributed by atoms with van der Waals surface area (Å²) < 4.78 is 0. The fraction of sp³-hybridized carbons (Fsp3) is 0.419. The van der Waals surface area contributed by atoms with Crippen molar-refractivity contribution in [3.63, 3.8) is 0 Å². The summed E-state index contributed by atoms with van der Waals surface area (Å²) in [4.78, 5) is 0. The first-order valence-corrected chi connectivity index (χ1v) is 12.2. The third-order valence-corrected chi connectivity index (χ3v) is 6.46. The molecule has 0 saturated carbocycles. The van der Waals surface area contributed by atoms with E-state index in [1.165, 1.54) is 27.9 Å². The minimum atomic E-state index is 0.256. The van der Waals surface area contributed by atoms with Crippen molar-refractivity contribution in [1.82, 2.24) is 0 Å². The van der Waals surface area contributed by atoms with Crippen LogP contribution in [0.3, 0.4) is 0 Å². The smallest absolute Gasteiger partial charge is 0.0591 e. The number of thiol groups is 1. The highest BCUT2D eigenvalue weighted by Gasteiger charge is 2.37. The lowest BCUT2D eigenvalue weighted by Crippen LogP contribution is -2.20. The maximum absolute atomic E-state index is 5.02. The number of hydrogen-bond acceptors (Lipinski definition) is 1. The molecule has 0 N–H and O–H groups in total. The van der Waals surface area contributed by atoms with E-state index in [1.54, 1.807) is 6.08 Å². The molecule has 0 radical (unpaired) electrons. The summed E-state index contributed by atoms with van der Waals surface area (Å²) in [5.41, 5.74) is 7.42. The van der Waals surface area contributed by atoms with E-state index in [0.717, 1.165) is 31.4 Å². The lowest BCUT2D eigenvalue weighted by atomic mass is 9.80. The fourth-order valence-corrected chi connectivity index (χ4v) is 4.11. The predicted octanol–water partition coefficient (Wildman–Crippen LogP) is 9.39. The third-order valence-electron chi connectivity index (χ3n) is 5.85. The van der Waals surface area contributed by atoms with Crippen LogP contribution in [0, 0.1) is 23.7 Å². The molecular formula is C31H44S. The topological polar surface area (TPSA) is 0 Å². The Morgan fingerprint density at radius 3 is 2.19 bits per heavy atom. The second-order valence-corrected chi connectivity index (χ2v) is 8.82. The molecule has 0 aromatic heterocycles. The molecule has 0 aliphatic heterocycles. The van der Waals surface area contributed by atoms with E-state index in [-0.39, 0.29) is 5.41 Å². The summed E-state index contributed by atoms with van der Waals surface area (Å²) in [6.45, 7) is 20.1. The van der Waals surface area contributed by atoms with Gasteiger partial charge >= 0.3 is 0 Å². The van der Waals surface area contributed by atoms with Crippen LogP contribution in [-0.4, -0.2) is 5.75 Å². The standard InChI is InChI=1S/C19H28S.C6H6.C6H10/c1-5-8-10-12-17-14-19(7-3,15-20)16(4)18(17)13-11-9-6-2;1-3-6-4-5(6)2;1-4-5-6(2)3/h5,8-12,20H,1,6-7,13-15H2,2-4H3;1,4,6H,2H3;4-5H,1H2,2-3H3/b10-8-,11-9-,17-12+;;. The van der Waals surface area contributed by atoms with Gasteiger partial charge in [0.25, 0.3) is 0 Å². The van der Waals surface area contributed by atoms with Gasteiger partial charge in [-0.25, -0.2) is 0 Å². The van der Waals surface area contributed by atoms with Crippen LogP contribution in [0.25, 0.3) is 0 Å². The van der Waals surface area contributed by atoms with E-state index in [4.69, 9.17) is 6.42 Å². The van der Waals surface area contributed by atoms with Crippen LogP contribution in [0.2, 0.25) is 0 Å². The molecule has 2 aliphatic rings. The van der Waals surface area contributed by atoms with Crippen molar-refractivity contribution in [2.45, 2.75) is 67.2 Å². The lowest BCUT2D eigenvalue weighted by Gasteiger charge is -2.27. The molecule has 2 atom stereocenters. The number of rotatable bonds is 8. The maximum atomic E-state index is 5.02. The van der Waals surface area contributed by atoms with Crippen molar-refractivity contribution in [1.29, 1.82) is 0 Å². The SMILES string of the molecule is C#CC1C=C1C.C=C/C=C\C=C1/CC(CC)(CS)C(C)=C1C/C=C\CC.C=CC=C(C)C. The zero-order valence-corrected chi connectivity index (χ0v) is 22.1. The van der Waals surface area contributed by atoms with Gasteiger partial charge < -0.3 is 0 Å².